The summed E-state index contributed by atoms with van der Waals surface area (Å²) >= 11 is 0.322. The van der Waals surface area contributed by atoms with Crippen molar-refractivity contribution in [1.29, 1.82) is 0 Å². The molecule has 0 atom stereocenters. The maximum absolute atomic E-state index is 5.16. The fourth-order valence-electron chi connectivity index (χ4n) is 0.319. The van der Waals surface area contributed by atoms with Crippen LogP contribution < -0.4 is 0 Å². The second-order valence-corrected chi connectivity index (χ2v) is 2.65. The Morgan fingerprint density at radius 1 is 1.43 bits per heavy atom. The van der Waals surface area contributed by atoms with Gasteiger partial charge in [0.25, 0.3) is 0 Å². The van der Waals surface area contributed by atoms with Crippen molar-refractivity contribution in [2.24, 2.45) is 0 Å². The predicted molar refractivity (Wildman–Crippen MR) is 32.5 cm³/mol. The first-order valence-corrected chi connectivity index (χ1v) is 4.13. The normalized spacial score (nSPS) is 8.86. The zero-order chi connectivity index (χ0) is 5.54. The van der Waals surface area contributed by atoms with Gasteiger partial charge < -0.3 is 3.79 Å². The van der Waals surface area contributed by atoms with Crippen LogP contribution in [0.15, 0.2) is 0 Å². The van der Waals surface area contributed by atoms with E-state index in [4.69, 9.17) is 3.79 Å². The van der Waals surface area contributed by atoms with Crippen molar-refractivity contribution in [2.45, 2.75) is 25.6 Å². The topological polar surface area (TPSA) is 9.23 Å². The molecule has 0 aliphatic rings. The Labute approximate surface area is 52.1 Å². The van der Waals surface area contributed by atoms with Gasteiger partial charge in [0, 0.05) is 6.61 Å². The smallest absolute Gasteiger partial charge is 0.423 e. The lowest BCUT2D eigenvalue weighted by Gasteiger charge is -1.92. The Hall–Kier alpha value is 0.492. The summed E-state index contributed by atoms with van der Waals surface area (Å²) in [5, 5.41) is 1.29. The van der Waals surface area contributed by atoms with Gasteiger partial charge in [-0.25, -0.2) is 0 Å². The van der Waals surface area contributed by atoms with Crippen LogP contribution in [0.2, 0.25) is 5.28 Å². The van der Waals surface area contributed by atoms with Crippen LogP contribution >= 0.6 is 0 Å². The van der Waals surface area contributed by atoms with Crippen molar-refractivity contribution in [3.63, 3.8) is 0 Å². The summed E-state index contributed by atoms with van der Waals surface area (Å²) in [5.74, 6) is 0. The molecule has 1 radical (unpaired) electrons. The average Bonchev–Trinajstić information content (AvgIpc) is 1.69. The molecule has 0 unspecified atom stereocenters. The van der Waals surface area contributed by atoms with Crippen molar-refractivity contribution >= 4 is 15.6 Å². The van der Waals surface area contributed by atoms with Crippen molar-refractivity contribution < 1.29 is 3.79 Å². The van der Waals surface area contributed by atoms with E-state index in [9.17, 15) is 0 Å². The first kappa shape index (κ1) is 7.49. The van der Waals surface area contributed by atoms with Gasteiger partial charge >= 0.3 is 15.6 Å². The van der Waals surface area contributed by atoms with Crippen molar-refractivity contribution in [2.75, 3.05) is 6.61 Å². The number of hydrogen-bond donors (Lipinski definition) is 0. The molecule has 41 valence electrons. The van der Waals surface area contributed by atoms with Crippen LogP contribution in [0, 0.1) is 0 Å². The fraction of sp³-hybridized carbons (Fsp3) is 1.00. The quantitative estimate of drug-likeness (QED) is 0.398. The molecule has 0 fully saturated rings. The van der Waals surface area contributed by atoms with E-state index in [-0.39, 0.29) is 0 Å². The highest BCUT2D eigenvalue weighted by atomic mass is 27.1. The van der Waals surface area contributed by atoms with Gasteiger partial charge in [-0.3, -0.25) is 0 Å². The zero-order valence-corrected chi connectivity index (χ0v) is 6.26. The highest BCUT2D eigenvalue weighted by Gasteiger charge is 1.86. The van der Waals surface area contributed by atoms with Gasteiger partial charge in [-0.2, -0.15) is 0 Å². The average molecular weight is 115 g/mol. The summed E-state index contributed by atoms with van der Waals surface area (Å²) < 4.78 is 5.16. The summed E-state index contributed by atoms with van der Waals surface area (Å²) in [6.07, 6.45) is 1.27. The third-order valence-corrected chi connectivity index (χ3v) is 2.07. The van der Waals surface area contributed by atoms with E-state index < -0.39 is 0 Å². The van der Waals surface area contributed by atoms with Crippen LogP contribution in [0.25, 0.3) is 0 Å². The molecule has 0 N–H and O–H groups in total. The lowest BCUT2D eigenvalue weighted by Crippen LogP contribution is -1.95. The molecule has 0 amide bonds. The Morgan fingerprint density at radius 2 is 2.14 bits per heavy atom. The van der Waals surface area contributed by atoms with Crippen LogP contribution in [0.3, 0.4) is 0 Å². The summed E-state index contributed by atoms with van der Waals surface area (Å²) in [5.41, 5.74) is 0. The fourth-order valence-corrected chi connectivity index (χ4v) is 0.957. The number of rotatable bonds is 4. The standard InChI is InChI=1S/C3H7.C2H5O.Al/c1-3-2;1-2-3;/h1,3H2,2H3;2H2,1H3;/q;-1;+1. The minimum Gasteiger partial charge on any atom is -0.507 e. The molecule has 0 aromatic carbocycles. The molecule has 0 spiro atoms. The van der Waals surface area contributed by atoms with Crippen LogP contribution in [0.5, 0.6) is 0 Å². The summed E-state index contributed by atoms with van der Waals surface area (Å²) in [6, 6.07) is 0. The minimum absolute atomic E-state index is 0.322. The Kier molecular flexibility index (Phi) is 6.95. The first-order chi connectivity index (χ1) is 3.41. The molecule has 7 heavy (non-hydrogen) atoms. The minimum atomic E-state index is 0.322. The molecule has 0 aromatic heterocycles. The van der Waals surface area contributed by atoms with Crippen LogP contribution in [-0.4, -0.2) is 22.2 Å². The van der Waals surface area contributed by atoms with Gasteiger partial charge in [-0.1, -0.05) is 18.6 Å². The molecule has 2 heteroatoms. The lowest BCUT2D eigenvalue weighted by atomic mass is 10.6. The van der Waals surface area contributed by atoms with E-state index in [1.54, 1.807) is 0 Å². The van der Waals surface area contributed by atoms with Gasteiger partial charge in [0.05, 0.1) is 0 Å². The molecule has 0 saturated carbocycles. The molecule has 0 aliphatic carbocycles. The largest absolute Gasteiger partial charge is 0.507 e. The Bertz CT molecular complexity index is 27.3. The SMILES string of the molecule is CC[CH2][Al][O]CC. The summed E-state index contributed by atoms with van der Waals surface area (Å²) in [4.78, 5) is 0. The van der Waals surface area contributed by atoms with Gasteiger partial charge in [-0.15, -0.1) is 0 Å². The maximum atomic E-state index is 5.16. The lowest BCUT2D eigenvalue weighted by molar-refractivity contribution is 0.359. The summed E-state index contributed by atoms with van der Waals surface area (Å²) in [7, 11) is 0. The van der Waals surface area contributed by atoms with Crippen LogP contribution in [0.1, 0.15) is 20.3 Å². The van der Waals surface area contributed by atoms with Gasteiger partial charge in [0.1, 0.15) is 0 Å². The van der Waals surface area contributed by atoms with E-state index in [1.165, 1.54) is 11.7 Å². The van der Waals surface area contributed by atoms with E-state index in [2.05, 4.69) is 6.92 Å². The van der Waals surface area contributed by atoms with Crippen molar-refractivity contribution in [3.8, 4) is 0 Å². The van der Waals surface area contributed by atoms with E-state index >= 15 is 0 Å². The molecule has 0 heterocycles. The van der Waals surface area contributed by atoms with E-state index in [1.807, 2.05) is 6.92 Å². The molecule has 0 bridgehead atoms. The second kappa shape index (κ2) is 6.49. The maximum Gasteiger partial charge on any atom is 0.423 e. The Morgan fingerprint density at radius 3 is 2.57 bits per heavy atom. The predicted octanol–water partition coefficient (Wildman–Crippen LogP) is 1.47. The van der Waals surface area contributed by atoms with Gasteiger partial charge in [0.15, 0.2) is 0 Å². The summed E-state index contributed by atoms with van der Waals surface area (Å²) in [6.45, 7) is 5.13. The van der Waals surface area contributed by atoms with Crippen LogP contribution in [-0.2, 0) is 3.79 Å². The first-order valence-electron chi connectivity index (χ1n) is 2.85. The van der Waals surface area contributed by atoms with Crippen LogP contribution in [0.4, 0.5) is 0 Å². The van der Waals surface area contributed by atoms with E-state index in [0.29, 0.717) is 15.6 Å². The molecular weight excluding hydrogens is 103 g/mol. The zero-order valence-electron chi connectivity index (χ0n) is 5.11. The van der Waals surface area contributed by atoms with Gasteiger partial charge in [-0.05, 0) is 6.92 Å². The third kappa shape index (κ3) is 6.49. The second-order valence-electron chi connectivity index (χ2n) is 1.41. The highest BCUT2D eigenvalue weighted by molar-refractivity contribution is 6.26. The molecule has 0 saturated heterocycles. The molecule has 0 aliphatic heterocycles. The van der Waals surface area contributed by atoms with E-state index in [0.717, 1.165) is 6.61 Å². The molecule has 0 aromatic rings. The molecule has 0 rings (SSSR count). The van der Waals surface area contributed by atoms with Crippen molar-refractivity contribution in [3.05, 3.63) is 0 Å². The van der Waals surface area contributed by atoms with Gasteiger partial charge in [0.2, 0.25) is 0 Å². The number of hydrogen-bond acceptors (Lipinski definition) is 1. The molecular formula is C5H12AlO. The molecule has 1 nitrogen and oxygen atoms in total. The highest BCUT2D eigenvalue weighted by Crippen LogP contribution is 1.84. The monoisotopic (exact) mass is 115 g/mol. The Balaban J connectivity index is 2.45. The third-order valence-electron chi connectivity index (χ3n) is 0.691. The van der Waals surface area contributed by atoms with Crippen molar-refractivity contribution in [1.82, 2.24) is 0 Å².